The summed E-state index contributed by atoms with van der Waals surface area (Å²) >= 11 is 0. The number of rotatable bonds is 3. The zero-order valence-corrected chi connectivity index (χ0v) is 12.7. The SMILES string of the molecule is C=C(C)C(=O)OC1(C(C)C)CCC2CCCCC2C1. The van der Waals surface area contributed by atoms with Gasteiger partial charge in [0.1, 0.15) is 5.60 Å². The van der Waals surface area contributed by atoms with E-state index in [1.54, 1.807) is 6.92 Å². The van der Waals surface area contributed by atoms with Crippen molar-refractivity contribution >= 4 is 5.97 Å². The minimum absolute atomic E-state index is 0.206. The summed E-state index contributed by atoms with van der Waals surface area (Å²) in [7, 11) is 0. The highest BCUT2D eigenvalue weighted by atomic mass is 16.6. The molecule has 0 aromatic carbocycles. The molecule has 2 fully saturated rings. The highest BCUT2D eigenvalue weighted by molar-refractivity contribution is 5.87. The summed E-state index contributed by atoms with van der Waals surface area (Å²) in [5.74, 6) is 1.83. The van der Waals surface area contributed by atoms with Crippen LogP contribution in [0.2, 0.25) is 0 Å². The van der Waals surface area contributed by atoms with Crippen molar-refractivity contribution < 1.29 is 9.53 Å². The molecule has 108 valence electrons. The van der Waals surface area contributed by atoms with Crippen LogP contribution in [-0.4, -0.2) is 11.6 Å². The van der Waals surface area contributed by atoms with Crippen LogP contribution in [0.5, 0.6) is 0 Å². The Kier molecular flexibility index (Phi) is 4.37. The lowest BCUT2D eigenvalue weighted by Gasteiger charge is -2.48. The van der Waals surface area contributed by atoms with Gasteiger partial charge in [0.2, 0.25) is 0 Å². The molecule has 0 aromatic heterocycles. The second-order valence-electron chi connectivity index (χ2n) is 6.94. The van der Waals surface area contributed by atoms with Crippen LogP contribution in [0.1, 0.15) is 65.7 Å². The minimum Gasteiger partial charge on any atom is -0.455 e. The number of hydrogen-bond donors (Lipinski definition) is 0. The van der Waals surface area contributed by atoms with Crippen molar-refractivity contribution in [2.24, 2.45) is 17.8 Å². The highest BCUT2D eigenvalue weighted by Crippen LogP contribution is 2.48. The molecule has 2 aliphatic carbocycles. The summed E-state index contributed by atoms with van der Waals surface area (Å²) in [5.41, 5.74) is 0.278. The van der Waals surface area contributed by atoms with Crippen LogP contribution in [0, 0.1) is 17.8 Å². The maximum Gasteiger partial charge on any atom is 0.333 e. The van der Waals surface area contributed by atoms with Crippen molar-refractivity contribution in [1.29, 1.82) is 0 Å². The molecular weight excluding hydrogens is 236 g/mol. The summed E-state index contributed by atoms with van der Waals surface area (Å²) in [6.07, 6.45) is 8.77. The smallest absolute Gasteiger partial charge is 0.333 e. The molecule has 2 rings (SSSR count). The maximum atomic E-state index is 12.0. The average Bonchev–Trinajstić information content (AvgIpc) is 2.38. The minimum atomic E-state index is -0.242. The lowest BCUT2D eigenvalue weighted by atomic mass is 9.63. The topological polar surface area (TPSA) is 26.3 Å². The van der Waals surface area contributed by atoms with E-state index < -0.39 is 0 Å². The van der Waals surface area contributed by atoms with E-state index in [2.05, 4.69) is 20.4 Å². The quantitative estimate of drug-likeness (QED) is 0.554. The zero-order valence-electron chi connectivity index (χ0n) is 12.7. The summed E-state index contributed by atoms with van der Waals surface area (Å²) in [6.45, 7) is 9.84. The first-order chi connectivity index (χ1) is 8.94. The van der Waals surface area contributed by atoms with Crippen LogP contribution in [-0.2, 0) is 9.53 Å². The third-order valence-corrected chi connectivity index (χ3v) is 5.31. The summed E-state index contributed by atoms with van der Waals surface area (Å²) in [4.78, 5) is 12.0. The van der Waals surface area contributed by atoms with E-state index in [4.69, 9.17) is 4.74 Å². The Morgan fingerprint density at radius 1 is 1.21 bits per heavy atom. The van der Waals surface area contributed by atoms with Gasteiger partial charge in [-0.1, -0.05) is 46.1 Å². The van der Waals surface area contributed by atoms with Gasteiger partial charge in [-0.15, -0.1) is 0 Å². The van der Waals surface area contributed by atoms with Gasteiger partial charge in [-0.3, -0.25) is 0 Å². The van der Waals surface area contributed by atoms with Gasteiger partial charge in [0.25, 0.3) is 0 Å². The summed E-state index contributed by atoms with van der Waals surface area (Å²) in [5, 5.41) is 0. The van der Waals surface area contributed by atoms with Gasteiger partial charge in [-0.05, 0) is 43.9 Å². The Morgan fingerprint density at radius 2 is 1.84 bits per heavy atom. The van der Waals surface area contributed by atoms with E-state index >= 15 is 0 Å². The standard InChI is InChI=1S/C17H28O2/c1-12(2)16(18)19-17(13(3)4)10-9-14-7-5-6-8-15(14)11-17/h13-15H,1,5-11H2,2-4H3. The lowest BCUT2D eigenvalue weighted by Crippen LogP contribution is -2.47. The van der Waals surface area contributed by atoms with E-state index in [1.165, 1.54) is 32.1 Å². The predicted octanol–water partition coefficient (Wildman–Crippen LogP) is 4.49. The molecule has 0 aliphatic heterocycles. The molecule has 0 heterocycles. The van der Waals surface area contributed by atoms with E-state index in [-0.39, 0.29) is 11.6 Å². The third kappa shape index (κ3) is 3.04. The van der Waals surface area contributed by atoms with Gasteiger partial charge in [-0.25, -0.2) is 4.79 Å². The Labute approximate surface area is 117 Å². The Bertz CT molecular complexity index is 358. The van der Waals surface area contributed by atoms with Gasteiger partial charge in [0.15, 0.2) is 0 Å². The first-order valence-corrected chi connectivity index (χ1v) is 7.83. The molecule has 2 nitrogen and oxygen atoms in total. The van der Waals surface area contributed by atoms with Crippen molar-refractivity contribution in [1.82, 2.24) is 0 Å². The Balaban J connectivity index is 2.12. The second-order valence-corrected chi connectivity index (χ2v) is 6.94. The molecule has 2 aliphatic rings. The molecule has 0 N–H and O–H groups in total. The van der Waals surface area contributed by atoms with Crippen molar-refractivity contribution in [3.05, 3.63) is 12.2 Å². The normalized spacial score (nSPS) is 34.7. The van der Waals surface area contributed by atoms with Crippen molar-refractivity contribution in [2.45, 2.75) is 71.3 Å². The molecule has 3 atom stereocenters. The van der Waals surface area contributed by atoms with E-state index in [0.29, 0.717) is 11.5 Å². The van der Waals surface area contributed by atoms with Crippen molar-refractivity contribution in [3.8, 4) is 0 Å². The number of ether oxygens (including phenoxy) is 1. The van der Waals surface area contributed by atoms with E-state index in [1.807, 2.05) is 0 Å². The second kappa shape index (κ2) is 5.68. The van der Waals surface area contributed by atoms with Gasteiger partial charge < -0.3 is 4.74 Å². The van der Waals surface area contributed by atoms with Crippen LogP contribution in [0.4, 0.5) is 0 Å². The number of carbonyl (C=O) groups is 1. The molecule has 0 saturated heterocycles. The van der Waals surface area contributed by atoms with Crippen LogP contribution < -0.4 is 0 Å². The number of fused-ring (bicyclic) bond motifs is 1. The molecule has 0 spiro atoms. The predicted molar refractivity (Wildman–Crippen MR) is 77.8 cm³/mol. The number of esters is 1. The molecule has 2 saturated carbocycles. The number of hydrogen-bond acceptors (Lipinski definition) is 2. The molecule has 0 aromatic rings. The average molecular weight is 264 g/mol. The molecule has 2 heteroatoms. The molecule has 19 heavy (non-hydrogen) atoms. The Hall–Kier alpha value is -0.790. The summed E-state index contributed by atoms with van der Waals surface area (Å²) in [6, 6.07) is 0. The van der Waals surface area contributed by atoms with Crippen LogP contribution >= 0.6 is 0 Å². The fourth-order valence-corrected chi connectivity index (χ4v) is 3.92. The van der Waals surface area contributed by atoms with Gasteiger partial charge >= 0.3 is 5.97 Å². The van der Waals surface area contributed by atoms with Gasteiger partial charge in [0, 0.05) is 5.57 Å². The van der Waals surface area contributed by atoms with Gasteiger partial charge in [0.05, 0.1) is 0 Å². The van der Waals surface area contributed by atoms with E-state index in [0.717, 1.165) is 24.7 Å². The monoisotopic (exact) mass is 264 g/mol. The summed E-state index contributed by atoms with van der Waals surface area (Å²) < 4.78 is 5.91. The van der Waals surface area contributed by atoms with E-state index in [9.17, 15) is 4.79 Å². The molecule has 3 unspecified atom stereocenters. The van der Waals surface area contributed by atoms with Crippen LogP contribution in [0.15, 0.2) is 12.2 Å². The van der Waals surface area contributed by atoms with Crippen LogP contribution in [0.3, 0.4) is 0 Å². The lowest BCUT2D eigenvalue weighted by molar-refractivity contribution is -0.170. The number of carbonyl (C=O) groups excluding carboxylic acids is 1. The highest BCUT2D eigenvalue weighted by Gasteiger charge is 2.46. The largest absolute Gasteiger partial charge is 0.455 e. The maximum absolute atomic E-state index is 12.0. The van der Waals surface area contributed by atoms with Crippen molar-refractivity contribution in [2.75, 3.05) is 0 Å². The molecular formula is C17H28O2. The molecule has 0 radical (unpaired) electrons. The fraction of sp³-hybridized carbons (Fsp3) is 0.824. The first kappa shape index (κ1) is 14.6. The van der Waals surface area contributed by atoms with Crippen LogP contribution in [0.25, 0.3) is 0 Å². The first-order valence-electron chi connectivity index (χ1n) is 7.83. The fourth-order valence-electron chi connectivity index (χ4n) is 3.92. The zero-order chi connectivity index (χ0) is 14.0. The molecule has 0 bridgehead atoms. The molecule has 0 amide bonds. The third-order valence-electron chi connectivity index (χ3n) is 5.31. The Morgan fingerprint density at radius 3 is 2.42 bits per heavy atom. The van der Waals surface area contributed by atoms with Crippen molar-refractivity contribution in [3.63, 3.8) is 0 Å². The van der Waals surface area contributed by atoms with Gasteiger partial charge in [-0.2, -0.15) is 0 Å².